The van der Waals surface area contributed by atoms with Crippen molar-refractivity contribution in [3.05, 3.63) is 35.9 Å². The van der Waals surface area contributed by atoms with E-state index in [1.54, 1.807) is 0 Å². The first-order chi connectivity index (χ1) is 3.93. The highest BCUT2D eigenvalue weighted by Crippen LogP contribution is 1.95. The smallest absolute Gasteiger partial charge is 0.0622 e. The van der Waals surface area contributed by atoms with Gasteiger partial charge in [0.15, 0.2) is 0 Å². The third kappa shape index (κ3) is 1.13. The number of benzene rings is 1. The molecule has 0 atom stereocenters. The van der Waals surface area contributed by atoms with Gasteiger partial charge in [0.05, 0.1) is 0 Å². The van der Waals surface area contributed by atoms with Crippen LogP contribution in [-0.2, 0) is 6.32 Å². The van der Waals surface area contributed by atoms with Crippen molar-refractivity contribution < 1.29 is 0 Å². The molecule has 0 amide bonds. The van der Waals surface area contributed by atoms with E-state index in [1.165, 1.54) is 5.56 Å². The first-order valence-corrected chi connectivity index (χ1v) is 2.97. The van der Waals surface area contributed by atoms with Gasteiger partial charge in [0.1, 0.15) is 7.85 Å². The summed E-state index contributed by atoms with van der Waals surface area (Å²) in [5.74, 6) is 0. The highest BCUT2D eigenvalue weighted by Gasteiger charge is 1.80. The fraction of sp³-hybridized carbons (Fsp3) is 0.143. The molecule has 0 nitrogen and oxygen atoms in total. The Bertz CT molecular complexity index is 146. The largest absolute Gasteiger partial charge is 0.107 e. The van der Waals surface area contributed by atoms with Crippen LogP contribution in [0.5, 0.6) is 0 Å². The summed E-state index contributed by atoms with van der Waals surface area (Å²) in [7, 11) is 2.16. The third-order valence-corrected chi connectivity index (χ3v) is 1.25. The molecule has 0 bridgehead atoms. The van der Waals surface area contributed by atoms with Gasteiger partial charge in [-0.2, -0.15) is 0 Å². The van der Waals surface area contributed by atoms with Crippen molar-refractivity contribution in [1.29, 1.82) is 0 Å². The fourth-order valence-corrected chi connectivity index (χ4v) is 0.714. The molecule has 0 aliphatic heterocycles. The van der Waals surface area contributed by atoms with Crippen LogP contribution in [0.3, 0.4) is 0 Å². The van der Waals surface area contributed by atoms with E-state index in [2.05, 4.69) is 32.1 Å². The van der Waals surface area contributed by atoms with Crippen molar-refractivity contribution in [3.63, 3.8) is 0 Å². The summed E-state index contributed by atoms with van der Waals surface area (Å²) in [6.45, 7) is 0. The summed E-state index contributed by atoms with van der Waals surface area (Å²) in [6.07, 6.45) is 1.14. The molecule has 40 valence electrons. The molecule has 0 radical (unpaired) electrons. The van der Waals surface area contributed by atoms with Crippen LogP contribution in [0.15, 0.2) is 30.3 Å². The zero-order valence-electron chi connectivity index (χ0n) is 5.09. The van der Waals surface area contributed by atoms with Crippen molar-refractivity contribution in [2.24, 2.45) is 0 Å². The average molecular weight is 104 g/mol. The molecule has 0 saturated heterocycles. The lowest BCUT2D eigenvalue weighted by Gasteiger charge is -1.89. The third-order valence-electron chi connectivity index (χ3n) is 1.25. The van der Waals surface area contributed by atoms with Crippen LogP contribution in [0, 0.1) is 0 Å². The molecule has 0 heterocycles. The average Bonchev–Trinajstić information content (AvgIpc) is 1.90. The summed E-state index contributed by atoms with van der Waals surface area (Å²) in [5, 5.41) is 0. The van der Waals surface area contributed by atoms with E-state index >= 15 is 0 Å². The van der Waals surface area contributed by atoms with Gasteiger partial charge in [0, 0.05) is 0 Å². The molecular weight excluding hydrogens is 94.9 g/mol. The standard InChI is InChI=1S/C7H9B/c8-6-7-4-2-1-3-5-7/h1-5H,6,8H2. The van der Waals surface area contributed by atoms with E-state index in [0.717, 1.165) is 6.32 Å². The van der Waals surface area contributed by atoms with Crippen LogP contribution in [0.1, 0.15) is 5.56 Å². The van der Waals surface area contributed by atoms with Gasteiger partial charge in [0.2, 0.25) is 0 Å². The molecule has 1 heteroatoms. The first kappa shape index (κ1) is 5.42. The predicted molar refractivity (Wildman–Crippen MR) is 38.7 cm³/mol. The van der Waals surface area contributed by atoms with Gasteiger partial charge < -0.3 is 0 Å². The lowest BCUT2D eigenvalue weighted by atomic mass is 9.97. The lowest BCUT2D eigenvalue weighted by Crippen LogP contribution is -1.78. The molecule has 0 spiro atoms. The Morgan fingerprint density at radius 2 is 1.75 bits per heavy atom. The minimum Gasteiger partial charge on any atom is -0.0622 e. The Hall–Kier alpha value is -0.715. The Balaban J connectivity index is 2.83. The Kier molecular flexibility index (Phi) is 1.73. The van der Waals surface area contributed by atoms with Crippen LogP contribution in [0.2, 0.25) is 0 Å². The topological polar surface area (TPSA) is 0 Å². The summed E-state index contributed by atoms with van der Waals surface area (Å²) in [4.78, 5) is 0. The van der Waals surface area contributed by atoms with Gasteiger partial charge in [-0.15, -0.1) is 0 Å². The van der Waals surface area contributed by atoms with E-state index in [4.69, 9.17) is 0 Å². The molecule has 1 aromatic carbocycles. The lowest BCUT2D eigenvalue weighted by molar-refractivity contribution is 1.40. The van der Waals surface area contributed by atoms with Crippen LogP contribution in [0.25, 0.3) is 0 Å². The van der Waals surface area contributed by atoms with Crippen LogP contribution in [-0.4, -0.2) is 7.85 Å². The maximum absolute atomic E-state index is 2.16. The van der Waals surface area contributed by atoms with Crippen LogP contribution in [0.4, 0.5) is 0 Å². The van der Waals surface area contributed by atoms with E-state index < -0.39 is 0 Å². The number of hydrogen-bond donors (Lipinski definition) is 0. The maximum Gasteiger partial charge on any atom is 0.107 e. The van der Waals surface area contributed by atoms with Gasteiger partial charge in [-0.3, -0.25) is 0 Å². The summed E-state index contributed by atoms with van der Waals surface area (Å²) in [6, 6.07) is 10.5. The van der Waals surface area contributed by atoms with Crippen molar-refractivity contribution in [1.82, 2.24) is 0 Å². The second-order valence-corrected chi connectivity index (χ2v) is 1.84. The molecule has 0 aromatic heterocycles. The number of rotatable bonds is 1. The molecule has 1 aromatic rings. The van der Waals surface area contributed by atoms with E-state index in [0.29, 0.717) is 0 Å². The summed E-state index contributed by atoms with van der Waals surface area (Å²) < 4.78 is 0. The molecule has 0 aliphatic carbocycles. The highest BCUT2D eigenvalue weighted by molar-refractivity contribution is 6.08. The SMILES string of the molecule is BCc1ccccc1. The Morgan fingerprint density at radius 3 is 2.12 bits per heavy atom. The monoisotopic (exact) mass is 104 g/mol. The minimum absolute atomic E-state index is 1.14. The van der Waals surface area contributed by atoms with Gasteiger partial charge >= 0.3 is 0 Å². The van der Waals surface area contributed by atoms with Crippen molar-refractivity contribution in [2.45, 2.75) is 6.32 Å². The molecule has 0 N–H and O–H groups in total. The molecule has 0 fully saturated rings. The normalized spacial score (nSPS) is 9.00. The first-order valence-electron chi connectivity index (χ1n) is 2.97. The van der Waals surface area contributed by atoms with Crippen molar-refractivity contribution >= 4 is 7.85 Å². The summed E-state index contributed by atoms with van der Waals surface area (Å²) >= 11 is 0. The Labute approximate surface area is 50.9 Å². The molecular formula is C7H9B. The van der Waals surface area contributed by atoms with Crippen LogP contribution >= 0.6 is 0 Å². The van der Waals surface area contributed by atoms with Gasteiger partial charge in [-0.1, -0.05) is 42.2 Å². The fourth-order valence-electron chi connectivity index (χ4n) is 0.714. The predicted octanol–water partition coefficient (Wildman–Crippen LogP) is 0.820. The molecule has 0 unspecified atom stereocenters. The van der Waals surface area contributed by atoms with Gasteiger partial charge in [0.25, 0.3) is 0 Å². The number of hydrogen-bond acceptors (Lipinski definition) is 0. The van der Waals surface area contributed by atoms with Gasteiger partial charge in [-0.05, 0) is 0 Å². The molecule has 0 saturated carbocycles. The minimum atomic E-state index is 1.14. The zero-order chi connectivity index (χ0) is 5.82. The molecule has 8 heavy (non-hydrogen) atoms. The highest BCUT2D eigenvalue weighted by atomic mass is 13.8. The molecule has 1 rings (SSSR count). The van der Waals surface area contributed by atoms with E-state index in [9.17, 15) is 0 Å². The second-order valence-electron chi connectivity index (χ2n) is 1.84. The maximum atomic E-state index is 2.16. The van der Waals surface area contributed by atoms with Crippen LogP contribution < -0.4 is 0 Å². The van der Waals surface area contributed by atoms with Gasteiger partial charge in [-0.25, -0.2) is 0 Å². The summed E-state index contributed by atoms with van der Waals surface area (Å²) in [5.41, 5.74) is 1.41. The quantitative estimate of drug-likeness (QED) is 0.462. The zero-order valence-corrected chi connectivity index (χ0v) is 5.09. The van der Waals surface area contributed by atoms with E-state index in [-0.39, 0.29) is 0 Å². The van der Waals surface area contributed by atoms with Crippen molar-refractivity contribution in [3.8, 4) is 0 Å². The molecule has 0 aliphatic rings. The van der Waals surface area contributed by atoms with E-state index in [1.807, 2.05) is 6.07 Å². The second kappa shape index (κ2) is 2.56. The Morgan fingerprint density at radius 1 is 1.12 bits per heavy atom. The van der Waals surface area contributed by atoms with Crippen molar-refractivity contribution in [2.75, 3.05) is 0 Å².